The third kappa shape index (κ3) is 6.25. The minimum absolute atomic E-state index is 0.0647. The summed E-state index contributed by atoms with van der Waals surface area (Å²) in [4.78, 5) is 12.9. The van der Waals surface area contributed by atoms with Crippen LogP contribution >= 0.6 is 0 Å². The maximum absolute atomic E-state index is 12.9. The highest BCUT2D eigenvalue weighted by atomic mass is 16.7. The zero-order valence-electron chi connectivity index (χ0n) is 27.0. The van der Waals surface area contributed by atoms with Crippen LogP contribution in [0.4, 0.5) is 0 Å². The van der Waals surface area contributed by atoms with E-state index in [0.29, 0.717) is 22.4 Å². The van der Waals surface area contributed by atoms with Crippen LogP contribution in [0.2, 0.25) is 0 Å². The van der Waals surface area contributed by atoms with Crippen LogP contribution in [-0.2, 0) is 32.2 Å². The number of ether oxygens (including phenoxy) is 3. The van der Waals surface area contributed by atoms with Gasteiger partial charge in [-0.1, -0.05) is 31.2 Å². The van der Waals surface area contributed by atoms with E-state index in [1.807, 2.05) is 0 Å². The van der Waals surface area contributed by atoms with Gasteiger partial charge in [-0.05, 0) is 112 Å². The molecule has 11 nitrogen and oxygen atoms in total. The van der Waals surface area contributed by atoms with Gasteiger partial charge in [0.25, 0.3) is 0 Å². The molecule has 252 valence electrons. The molecule has 1 aromatic rings. The van der Waals surface area contributed by atoms with E-state index in [-0.39, 0.29) is 25.2 Å². The smallest absolute Gasteiger partial charge is 0.328 e. The van der Waals surface area contributed by atoms with Gasteiger partial charge in [-0.2, -0.15) is 0 Å². The molecule has 0 amide bonds. The van der Waals surface area contributed by atoms with Gasteiger partial charge in [-0.15, -0.1) is 5.10 Å². The van der Waals surface area contributed by atoms with E-state index in [9.17, 15) is 25.2 Å². The molecule has 4 N–H and O–H groups in total. The summed E-state index contributed by atoms with van der Waals surface area (Å²) in [5, 5.41) is 47.4. The van der Waals surface area contributed by atoms with E-state index in [4.69, 9.17) is 14.2 Å². The summed E-state index contributed by atoms with van der Waals surface area (Å²) in [6, 6.07) is 0. The Hall–Kier alpha value is -1.89. The van der Waals surface area contributed by atoms with E-state index >= 15 is 0 Å². The van der Waals surface area contributed by atoms with Crippen molar-refractivity contribution in [3.63, 3.8) is 0 Å². The predicted molar refractivity (Wildman–Crippen MR) is 163 cm³/mol. The highest BCUT2D eigenvalue weighted by Crippen LogP contribution is 2.68. The number of fused-ring (bicyclic) bond motifs is 5. The van der Waals surface area contributed by atoms with E-state index in [1.165, 1.54) is 49.6 Å². The molecule has 4 saturated carbocycles. The topological polar surface area (TPSA) is 156 Å². The molecule has 45 heavy (non-hydrogen) atoms. The van der Waals surface area contributed by atoms with Gasteiger partial charge in [0.15, 0.2) is 6.29 Å². The number of nitrogens with zero attached hydrogens (tertiary/aromatic N) is 3. The van der Waals surface area contributed by atoms with E-state index in [1.54, 1.807) is 6.20 Å². The number of hydrogen-bond acceptors (Lipinski definition) is 10. The van der Waals surface area contributed by atoms with E-state index < -0.39 is 37.3 Å². The lowest BCUT2D eigenvalue weighted by Gasteiger charge is -2.61. The Labute approximate surface area is 266 Å². The van der Waals surface area contributed by atoms with E-state index in [0.717, 1.165) is 42.9 Å². The van der Waals surface area contributed by atoms with Gasteiger partial charge in [0.1, 0.15) is 42.8 Å². The van der Waals surface area contributed by atoms with Gasteiger partial charge in [-0.3, -0.25) is 4.79 Å². The number of aromatic nitrogens is 3. The van der Waals surface area contributed by atoms with Crippen LogP contribution in [-0.4, -0.2) is 84.8 Å². The standard InChI is InChI=1S/C34H53N3O8/c1-4-5-6-20-8-10-25-24-9-7-21-15-23(11-13-34(21,3)26(24)12-14-33(20,25)2)44-28(39)17-37-16-22(35-36-37)19-43-32-31(42)30(41)29(40)27(18-38)45-32/h4-5,16,20-21,23-27,29-32,38,40-42H,6-15,17-19H2,1-3H3/b5-4+/t20?,21?,23?,24?,25?,26-,27?,29?,30?,31?,32?,33?,34?/m0/s1. The monoisotopic (exact) mass is 631 g/mol. The number of carbonyl (C=O) groups excluding carboxylic acids is 1. The first kappa shape index (κ1) is 33.0. The summed E-state index contributed by atoms with van der Waals surface area (Å²) in [5.74, 6) is 3.56. The van der Waals surface area contributed by atoms with Crippen molar-refractivity contribution < 1.29 is 39.4 Å². The van der Waals surface area contributed by atoms with Crippen molar-refractivity contribution in [3.8, 4) is 0 Å². The number of carbonyl (C=O) groups is 1. The van der Waals surface area contributed by atoms with Crippen molar-refractivity contribution in [2.45, 2.75) is 135 Å². The van der Waals surface area contributed by atoms with Crippen molar-refractivity contribution in [2.24, 2.45) is 40.4 Å². The third-order valence-electron chi connectivity index (χ3n) is 12.9. The van der Waals surface area contributed by atoms with Crippen LogP contribution in [0.25, 0.3) is 0 Å². The lowest BCUT2D eigenvalue weighted by Crippen LogP contribution is -2.59. The zero-order chi connectivity index (χ0) is 31.9. The van der Waals surface area contributed by atoms with Crippen LogP contribution in [0.15, 0.2) is 18.3 Å². The number of esters is 1. The number of aliphatic hydroxyl groups excluding tert-OH is 4. The van der Waals surface area contributed by atoms with Crippen molar-refractivity contribution >= 4 is 5.97 Å². The second-order valence-electron chi connectivity index (χ2n) is 15.1. The van der Waals surface area contributed by atoms with Gasteiger partial charge < -0.3 is 34.6 Å². The third-order valence-corrected chi connectivity index (χ3v) is 12.9. The first-order chi connectivity index (χ1) is 21.6. The Balaban J connectivity index is 0.987. The second-order valence-corrected chi connectivity index (χ2v) is 15.1. The Morgan fingerprint density at radius 1 is 1.04 bits per heavy atom. The molecule has 0 radical (unpaired) electrons. The molecule has 2 heterocycles. The molecular weight excluding hydrogens is 578 g/mol. The average molecular weight is 632 g/mol. The first-order valence-electron chi connectivity index (χ1n) is 17.2. The number of allylic oxidation sites excluding steroid dienone is 2. The van der Waals surface area contributed by atoms with Gasteiger partial charge in [-0.25, -0.2) is 4.68 Å². The largest absolute Gasteiger partial charge is 0.461 e. The SMILES string of the molecule is C/C=C/CC1CCC2C3CCC4CC(OC(=O)Cn5cc(COC6OC(CO)C(O)C(O)C6O)nn5)CCC4(C)[C@H]3CCC12C. The van der Waals surface area contributed by atoms with Gasteiger partial charge in [0.2, 0.25) is 0 Å². The fraction of sp³-hybridized carbons (Fsp3) is 0.853. The zero-order valence-corrected chi connectivity index (χ0v) is 27.0. The minimum Gasteiger partial charge on any atom is -0.461 e. The van der Waals surface area contributed by atoms with Crippen molar-refractivity contribution in [2.75, 3.05) is 6.61 Å². The molecule has 1 aliphatic heterocycles. The fourth-order valence-electron chi connectivity index (χ4n) is 10.3. The lowest BCUT2D eigenvalue weighted by molar-refractivity contribution is -0.304. The molecule has 4 aliphatic carbocycles. The molecule has 11 heteroatoms. The molecule has 0 spiro atoms. The average Bonchev–Trinajstić information content (AvgIpc) is 3.61. The molecule has 1 aromatic heterocycles. The summed E-state index contributed by atoms with van der Waals surface area (Å²) in [7, 11) is 0. The molecule has 12 unspecified atom stereocenters. The quantitative estimate of drug-likeness (QED) is 0.236. The highest BCUT2D eigenvalue weighted by molar-refractivity contribution is 5.69. The van der Waals surface area contributed by atoms with Crippen LogP contribution in [0.5, 0.6) is 0 Å². The summed E-state index contributed by atoms with van der Waals surface area (Å²) in [5.41, 5.74) is 1.21. The Bertz CT molecular complexity index is 1210. The van der Waals surface area contributed by atoms with Gasteiger partial charge in [0, 0.05) is 0 Å². The number of hydrogen-bond donors (Lipinski definition) is 4. The number of rotatable bonds is 9. The molecule has 0 aromatic carbocycles. The normalized spacial score (nSPS) is 44.7. The van der Waals surface area contributed by atoms with Gasteiger partial charge in [0.05, 0.1) is 19.4 Å². The van der Waals surface area contributed by atoms with Crippen LogP contribution in [0, 0.1) is 40.4 Å². The van der Waals surface area contributed by atoms with Crippen LogP contribution in [0.1, 0.15) is 90.7 Å². The minimum atomic E-state index is -1.52. The second kappa shape index (κ2) is 13.3. The molecule has 0 bridgehead atoms. The lowest BCUT2D eigenvalue weighted by atomic mass is 9.44. The van der Waals surface area contributed by atoms with Crippen LogP contribution in [0.3, 0.4) is 0 Å². The maximum Gasteiger partial charge on any atom is 0.328 e. The Morgan fingerprint density at radius 3 is 2.60 bits per heavy atom. The molecule has 5 aliphatic rings. The van der Waals surface area contributed by atoms with E-state index in [2.05, 4.69) is 43.2 Å². The van der Waals surface area contributed by atoms with Crippen LogP contribution < -0.4 is 0 Å². The molecule has 1 saturated heterocycles. The molecule has 6 rings (SSSR count). The predicted octanol–water partition coefficient (Wildman–Crippen LogP) is 3.13. The summed E-state index contributed by atoms with van der Waals surface area (Å²) in [6.07, 6.45) is 11.5. The highest BCUT2D eigenvalue weighted by Gasteiger charge is 2.60. The fourth-order valence-corrected chi connectivity index (χ4v) is 10.3. The molecular formula is C34H53N3O8. The Kier molecular flexibility index (Phi) is 9.77. The van der Waals surface area contributed by atoms with Crippen molar-refractivity contribution in [3.05, 3.63) is 24.0 Å². The summed E-state index contributed by atoms with van der Waals surface area (Å²) >= 11 is 0. The molecule has 13 atom stereocenters. The first-order valence-corrected chi connectivity index (χ1v) is 17.2. The summed E-state index contributed by atoms with van der Waals surface area (Å²) < 4.78 is 18.3. The molecule has 5 fully saturated rings. The van der Waals surface area contributed by atoms with Crippen molar-refractivity contribution in [1.82, 2.24) is 15.0 Å². The number of aliphatic hydroxyl groups is 4. The maximum atomic E-state index is 12.9. The summed E-state index contributed by atoms with van der Waals surface area (Å²) in [6.45, 7) is 6.57. The Morgan fingerprint density at radius 2 is 1.82 bits per heavy atom. The van der Waals surface area contributed by atoms with Gasteiger partial charge >= 0.3 is 5.97 Å². The van der Waals surface area contributed by atoms with Crippen molar-refractivity contribution in [1.29, 1.82) is 0 Å².